The molecule has 1 aromatic carbocycles. The second kappa shape index (κ2) is 9.41. The highest BCUT2D eigenvalue weighted by Gasteiger charge is 2.51. The van der Waals surface area contributed by atoms with E-state index in [2.05, 4.69) is 34.1 Å². The van der Waals surface area contributed by atoms with Gasteiger partial charge < -0.3 is 19.2 Å². The highest BCUT2D eigenvalue weighted by molar-refractivity contribution is 7.99. The Balaban J connectivity index is 1.16. The van der Waals surface area contributed by atoms with Crippen LogP contribution < -0.4 is 0 Å². The number of benzene rings is 1. The molecule has 0 spiro atoms. The standard InChI is InChI=1S/C19H27N3O5S/c23-22(24)27-17-14-26-18-16(13-25-19(17)18)21-10-8-20(9-11-21)7-4-12-28-15-5-2-1-3-6-15/h1-3,5-6,16-19H,4,7-14H2. The normalized spacial score (nSPS) is 31.0. The van der Waals surface area contributed by atoms with Crippen LogP contribution in [0.1, 0.15) is 6.42 Å². The van der Waals surface area contributed by atoms with Gasteiger partial charge in [0.15, 0.2) is 6.10 Å². The van der Waals surface area contributed by atoms with Gasteiger partial charge in [0.05, 0.1) is 19.3 Å². The zero-order valence-electron chi connectivity index (χ0n) is 15.9. The van der Waals surface area contributed by atoms with Crippen LogP contribution >= 0.6 is 11.8 Å². The molecule has 4 unspecified atom stereocenters. The molecular formula is C19H27N3O5S. The maximum absolute atomic E-state index is 10.6. The fourth-order valence-electron chi connectivity index (χ4n) is 4.27. The van der Waals surface area contributed by atoms with Crippen molar-refractivity contribution in [3.8, 4) is 0 Å². The molecule has 0 amide bonds. The van der Waals surface area contributed by atoms with Gasteiger partial charge in [-0.1, -0.05) is 18.2 Å². The van der Waals surface area contributed by atoms with E-state index in [1.165, 1.54) is 11.3 Å². The van der Waals surface area contributed by atoms with Gasteiger partial charge in [0.1, 0.15) is 12.2 Å². The maximum atomic E-state index is 10.6. The zero-order chi connectivity index (χ0) is 19.3. The van der Waals surface area contributed by atoms with Gasteiger partial charge in [-0.25, -0.2) is 0 Å². The van der Waals surface area contributed by atoms with Crippen LogP contribution in [-0.2, 0) is 14.3 Å². The molecule has 4 atom stereocenters. The molecule has 28 heavy (non-hydrogen) atoms. The third-order valence-corrected chi connectivity index (χ3v) is 6.81. The first-order valence-corrected chi connectivity index (χ1v) is 10.9. The quantitative estimate of drug-likeness (QED) is 0.277. The summed E-state index contributed by atoms with van der Waals surface area (Å²) in [7, 11) is 0. The van der Waals surface area contributed by atoms with E-state index in [0.717, 1.165) is 38.5 Å². The number of piperazine rings is 1. The molecule has 0 saturated carbocycles. The Kier molecular flexibility index (Phi) is 6.69. The lowest BCUT2D eigenvalue weighted by Gasteiger charge is -2.38. The van der Waals surface area contributed by atoms with Crippen molar-refractivity contribution in [2.75, 3.05) is 51.7 Å². The predicted octanol–water partition coefficient (Wildman–Crippen LogP) is 1.53. The first-order chi connectivity index (χ1) is 13.7. The summed E-state index contributed by atoms with van der Waals surface area (Å²) in [5.41, 5.74) is 0. The van der Waals surface area contributed by atoms with Crippen LogP contribution in [0.15, 0.2) is 35.2 Å². The summed E-state index contributed by atoms with van der Waals surface area (Å²) in [4.78, 5) is 21.6. The van der Waals surface area contributed by atoms with Crippen molar-refractivity contribution < 1.29 is 19.4 Å². The lowest BCUT2D eigenvalue weighted by atomic mass is 10.1. The van der Waals surface area contributed by atoms with Crippen molar-refractivity contribution in [2.24, 2.45) is 0 Å². The van der Waals surface area contributed by atoms with E-state index in [1.54, 1.807) is 0 Å². The number of nitrogens with zero attached hydrogens (tertiary/aromatic N) is 3. The molecule has 3 fully saturated rings. The molecule has 0 radical (unpaired) electrons. The fourth-order valence-corrected chi connectivity index (χ4v) is 5.13. The molecule has 3 aliphatic heterocycles. The van der Waals surface area contributed by atoms with Gasteiger partial charge in [-0.05, 0) is 30.9 Å². The number of hydrogen-bond acceptors (Lipinski definition) is 8. The van der Waals surface area contributed by atoms with Gasteiger partial charge in [0.25, 0.3) is 5.09 Å². The Morgan fingerprint density at radius 1 is 1.11 bits per heavy atom. The summed E-state index contributed by atoms with van der Waals surface area (Å²) in [5, 5.41) is 9.86. The van der Waals surface area contributed by atoms with Crippen molar-refractivity contribution in [3.63, 3.8) is 0 Å². The highest BCUT2D eigenvalue weighted by atomic mass is 32.2. The first-order valence-electron chi connectivity index (χ1n) is 9.89. The van der Waals surface area contributed by atoms with Crippen molar-refractivity contribution in [3.05, 3.63) is 40.4 Å². The van der Waals surface area contributed by atoms with Gasteiger partial charge in [0.2, 0.25) is 0 Å². The van der Waals surface area contributed by atoms with E-state index >= 15 is 0 Å². The van der Waals surface area contributed by atoms with E-state index in [-0.39, 0.29) is 24.9 Å². The molecule has 0 N–H and O–H groups in total. The Labute approximate surface area is 169 Å². The van der Waals surface area contributed by atoms with E-state index < -0.39 is 11.2 Å². The van der Waals surface area contributed by atoms with E-state index in [1.807, 2.05) is 17.8 Å². The minimum absolute atomic E-state index is 0.126. The van der Waals surface area contributed by atoms with Gasteiger partial charge in [-0.2, -0.15) is 0 Å². The van der Waals surface area contributed by atoms with Crippen LogP contribution in [0.3, 0.4) is 0 Å². The average molecular weight is 410 g/mol. The fraction of sp³-hybridized carbons (Fsp3) is 0.684. The molecular weight excluding hydrogens is 382 g/mol. The molecule has 0 aromatic heterocycles. The second-order valence-corrected chi connectivity index (χ2v) is 8.59. The molecule has 4 rings (SSSR count). The van der Waals surface area contributed by atoms with Crippen molar-refractivity contribution >= 4 is 11.8 Å². The monoisotopic (exact) mass is 409 g/mol. The lowest BCUT2D eigenvalue weighted by molar-refractivity contribution is -0.769. The summed E-state index contributed by atoms with van der Waals surface area (Å²) < 4.78 is 11.6. The molecule has 8 nitrogen and oxygen atoms in total. The number of hydrogen-bond donors (Lipinski definition) is 0. The van der Waals surface area contributed by atoms with Crippen molar-refractivity contribution in [2.45, 2.75) is 35.7 Å². The molecule has 1 aromatic rings. The highest BCUT2D eigenvalue weighted by Crippen LogP contribution is 2.32. The Bertz CT molecular complexity index is 644. The van der Waals surface area contributed by atoms with E-state index in [4.69, 9.17) is 14.3 Å². The smallest absolute Gasteiger partial charge is 0.294 e. The van der Waals surface area contributed by atoms with Crippen LogP contribution in [0, 0.1) is 10.1 Å². The van der Waals surface area contributed by atoms with Gasteiger partial charge in [-0.15, -0.1) is 21.9 Å². The molecule has 3 heterocycles. The molecule has 3 saturated heterocycles. The molecule has 0 aliphatic carbocycles. The predicted molar refractivity (Wildman–Crippen MR) is 105 cm³/mol. The lowest BCUT2D eigenvalue weighted by Crippen LogP contribution is -2.54. The number of rotatable bonds is 8. The van der Waals surface area contributed by atoms with Crippen molar-refractivity contribution in [1.82, 2.24) is 9.80 Å². The van der Waals surface area contributed by atoms with Crippen LogP contribution in [0.4, 0.5) is 0 Å². The largest absolute Gasteiger partial charge is 0.371 e. The van der Waals surface area contributed by atoms with Crippen LogP contribution in [0.5, 0.6) is 0 Å². The Morgan fingerprint density at radius 3 is 2.61 bits per heavy atom. The van der Waals surface area contributed by atoms with Crippen molar-refractivity contribution in [1.29, 1.82) is 0 Å². The molecule has 0 bridgehead atoms. The summed E-state index contributed by atoms with van der Waals surface area (Å²) >= 11 is 1.91. The molecule has 154 valence electrons. The number of ether oxygens (including phenoxy) is 2. The minimum Gasteiger partial charge on any atom is -0.371 e. The summed E-state index contributed by atoms with van der Waals surface area (Å²) in [6.45, 7) is 5.94. The third-order valence-electron chi connectivity index (χ3n) is 5.71. The third kappa shape index (κ3) is 4.77. The zero-order valence-corrected chi connectivity index (χ0v) is 16.7. The topological polar surface area (TPSA) is 77.3 Å². The molecule has 9 heteroatoms. The van der Waals surface area contributed by atoms with Crippen LogP contribution in [-0.4, -0.2) is 90.9 Å². The van der Waals surface area contributed by atoms with Gasteiger partial charge in [0, 0.05) is 31.1 Å². The Hall–Kier alpha value is -1.39. The van der Waals surface area contributed by atoms with Crippen LogP contribution in [0.25, 0.3) is 0 Å². The summed E-state index contributed by atoms with van der Waals surface area (Å²) in [5.74, 6) is 1.14. The van der Waals surface area contributed by atoms with E-state index in [0.29, 0.717) is 6.61 Å². The maximum Gasteiger partial charge on any atom is 0.294 e. The Morgan fingerprint density at radius 2 is 1.86 bits per heavy atom. The molecule has 3 aliphatic rings. The van der Waals surface area contributed by atoms with Gasteiger partial charge >= 0.3 is 0 Å². The van der Waals surface area contributed by atoms with E-state index in [9.17, 15) is 10.1 Å². The average Bonchev–Trinajstić information content (AvgIpc) is 3.29. The SMILES string of the molecule is O=[N+]([O-])OC1COC2C1OCC2N1CCN(CCCSc2ccccc2)CC1. The minimum atomic E-state index is -0.748. The number of thioether (sulfide) groups is 1. The summed E-state index contributed by atoms with van der Waals surface area (Å²) in [6.07, 6.45) is 0.121. The van der Waals surface area contributed by atoms with Gasteiger partial charge in [-0.3, -0.25) is 4.90 Å². The first kappa shape index (κ1) is 19.9. The second-order valence-electron chi connectivity index (χ2n) is 7.42. The summed E-state index contributed by atoms with van der Waals surface area (Å²) in [6, 6.07) is 10.7. The number of fused-ring (bicyclic) bond motifs is 1. The van der Waals surface area contributed by atoms with Crippen LogP contribution in [0.2, 0.25) is 0 Å².